The lowest BCUT2D eigenvalue weighted by atomic mass is 10.4. The average Bonchev–Trinajstić information content (AvgIpc) is 2.70. The summed E-state index contributed by atoms with van der Waals surface area (Å²) in [5.74, 6) is 0. The zero-order chi connectivity index (χ0) is 20.8. The SMILES string of the molecule is CCCCOCCO[Si](CCC)(OCCOCCCC)OCCOCCCC. The number of ether oxygens (including phenoxy) is 3. The van der Waals surface area contributed by atoms with Crippen LogP contribution in [0.25, 0.3) is 0 Å². The summed E-state index contributed by atoms with van der Waals surface area (Å²) in [5.41, 5.74) is 0. The third-order valence-corrected chi connectivity index (χ3v) is 7.18. The second-order valence-corrected chi connectivity index (χ2v) is 9.61. The van der Waals surface area contributed by atoms with Crippen LogP contribution in [0, 0.1) is 0 Å². The van der Waals surface area contributed by atoms with Gasteiger partial charge in [0.25, 0.3) is 0 Å². The van der Waals surface area contributed by atoms with Crippen LogP contribution in [0.15, 0.2) is 0 Å². The summed E-state index contributed by atoms with van der Waals surface area (Å²) in [6.45, 7) is 14.2. The molecule has 0 radical (unpaired) electrons. The molecule has 0 aromatic carbocycles. The molecule has 6 nitrogen and oxygen atoms in total. The normalized spacial score (nSPS) is 12.0. The van der Waals surface area contributed by atoms with Crippen LogP contribution in [-0.4, -0.2) is 68.3 Å². The van der Waals surface area contributed by atoms with Gasteiger partial charge < -0.3 is 27.5 Å². The molecular weight excluding hydrogens is 376 g/mol. The molecule has 170 valence electrons. The van der Waals surface area contributed by atoms with Crippen molar-refractivity contribution in [1.82, 2.24) is 0 Å². The van der Waals surface area contributed by atoms with Crippen molar-refractivity contribution in [1.29, 1.82) is 0 Å². The van der Waals surface area contributed by atoms with Crippen molar-refractivity contribution in [3.8, 4) is 0 Å². The fourth-order valence-corrected chi connectivity index (χ4v) is 4.94. The van der Waals surface area contributed by atoms with Crippen LogP contribution in [-0.2, 0) is 27.5 Å². The minimum absolute atomic E-state index is 0.503. The van der Waals surface area contributed by atoms with E-state index in [1.165, 1.54) is 0 Å². The number of hydrogen-bond acceptors (Lipinski definition) is 6. The zero-order valence-corrected chi connectivity index (χ0v) is 20.0. The van der Waals surface area contributed by atoms with Gasteiger partial charge in [0.1, 0.15) is 0 Å². The van der Waals surface area contributed by atoms with Gasteiger partial charge in [-0.05, 0) is 19.3 Å². The largest absolute Gasteiger partial charge is 0.501 e. The predicted molar refractivity (Wildman–Crippen MR) is 116 cm³/mol. The summed E-state index contributed by atoms with van der Waals surface area (Å²) < 4.78 is 35.4. The van der Waals surface area contributed by atoms with Gasteiger partial charge in [-0.25, -0.2) is 0 Å². The van der Waals surface area contributed by atoms with Crippen molar-refractivity contribution >= 4 is 8.80 Å². The highest BCUT2D eigenvalue weighted by Crippen LogP contribution is 2.18. The minimum Gasteiger partial charge on any atom is -0.379 e. The second-order valence-electron chi connectivity index (χ2n) is 6.88. The van der Waals surface area contributed by atoms with Crippen LogP contribution in [0.2, 0.25) is 6.04 Å². The van der Waals surface area contributed by atoms with E-state index >= 15 is 0 Å². The molecule has 0 aromatic rings. The molecule has 0 heterocycles. The highest BCUT2D eigenvalue weighted by molar-refractivity contribution is 6.60. The van der Waals surface area contributed by atoms with Gasteiger partial charge in [0.15, 0.2) is 0 Å². The Morgan fingerprint density at radius 2 is 0.786 bits per heavy atom. The molecule has 0 fully saturated rings. The first-order chi connectivity index (χ1) is 13.7. The molecule has 0 saturated carbocycles. The molecule has 7 heteroatoms. The van der Waals surface area contributed by atoms with Crippen LogP contribution in [0.3, 0.4) is 0 Å². The van der Waals surface area contributed by atoms with Crippen LogP contribution in [0.4, 0.5) is 0 Å². The van der Waals surface area contributed by atoms with Crippen molar-refractivity contribution in [3.05, 3.63) is 0 Å². The van der Waals surface area contributed by atoms with E-state index in [0.29, 0.717) is 39.6 Å². The molecule has 0 aromatic heterocycles. The van der Waals surface area contributed by atoms with Crippen molar-refractivity contribution in [2.24, 2.45) is 0 Å². The smallest absolute Gasteiger partial charge is 0.379 e. The molecule has 0 atom stereocenters. The quantitative estimate of drug-likeness (QED) is 0.174. The molecule has 0 aliphatic rings. The third-order valence-electron chi connectivity index (χ3n) is 4.13. The van der Waals surface area contributed by atoms with E-state index in [2.05, 4.69) is 27.7 Å². The maximum Gasteiger partial charge on any atom is 0.501 e. The minimum atomic E-state index is -2.74. The number of hydrogen-bond donors (Lipinski definition) is 0. The van der Waals surface area contributed by atoms with Gasteiger partial charge in [0.05, 0.1) is 39.6 Å². The molecule has 0 unspecified atom stereocenters. The predicted octanol–water partition coefficient (Wildman–Crippen LogP) is 4.84. The Balaban J connectivity index is 4.39. The van der Waals surface area contributed by atoms with E-state index in [4.69, 9.17) is 27.5 Å². The third kappa shape index (κ3) is 16.9. The van der Waals surface area contributed by atoms with E-state index in [1.54, 1.807) is 0 Å². The molecule has 28 heavy (non-hydrogen) atoms. The van der Waals surface area contributed by atoms with Crippen molar-refractivity contribution in [3.63, 3.8) is 0 Å². The zero-order valence-electron chi connectivity index (χ0n) is 19.0. The van der Waals surface area contributed by atoms with Crippen LogP contribution in [0.1, 0.15) is 72.6 Å². The Morgan fingerprint density at radius 1 is 0.429 bits per heavy atom. The monoisotopic (exact) mass is 422 g/mol. The van der Waals surface area contributed by atoms with Crippen molar-refractivity contribution in [2.45, 2.75) is 78.7 Å². The van der Waals surface area contributed by atoms with Gasteiger partial charge in [0, 0.05) is 25.9 Å². The van der Waals surface area contributed by atoms with Gasteiger partial charge >= 0.3 is 8.80 Å². The fourth-order valence-electron chi connectivity index (χ4n) is 2.46. The Hall–Kier alpha value is -0.0231. The Morgan fingerprint density at radius 3 is 1.07 bits per heavy atom. The maximum absolute atomic E-state index is 6.16. The molecule has 0 aliphatic carbocycles. The molecular formula is C21H46O6Si. The molecule has 0 amide bonds. The van der Waals surface area contributed by atoms with Crippen LogP contribution < -0.4 is 0 Å². The van der Waals surface area contributed by atoms with Crippen LogP contribution in [0.5, 0.6) is 0 Å². The fraction of sp³-hybridized carbons (Fsp3) is 1.00. The van der Waals surface area contributed by atoms with Crippen LogP contribution >= 0.6 is 0 Å². The summed E-state index contributed by atoms with van der Waals surface area (Å²) in [6, 6.07) is 0.798. The Labute approximate surface area is 174 Å². The topological polar surface area (TPSA) is 55.4 Å². The van der Waals surface area contributed by atoms with Gasteiger partial charge in [-0.1, -0.05) is 53.4 Å². The van der Waals surface area contributed by atoms with E-state index in [9.17, 15) is 0 Å². The molecule has 0 bridgehead atoms. The molecule has 0 spiro atoms. The van der Waals surface area contributed by atoms with E-state index in [0.717, 1.165) is 70.8 Å². The van der Waals surface area contributed by atoms with Gasteiger partial charge in [0.2, 0.25) is 0 Å². The standard InChI is InChI=1S/C21H46O6Si/c1-5-9-12-22-15-18-25-28(21-8-4,26-19-16-23-13-10-6-2)27-20-17-24-14-11-7-3/h5-21H2,1-4H3. The molecule has 0 saturated heterocycles. The average molecular weight is 423 g/mol. The van der Waals surface area contributed by atoms with Crippen molar-refractivity contribution in [2.75, 3.05) is 59.5 Å². The summed E-state index contributed by atoms with van der Waals surface area (Å²) in [5, 5.41) is 0. The van der Waals surface area contributed by atoms with Gasteiger partial charge in [-0.2, -0.15) is 0 Å². The Kier molecular flexibility index (Phi) is 21.7. The highest BCUT2D eigenvalue weighted by Gasteiger charge is 2.40. The van der Waals surface area contributed by atoms with E-state index in [1.807, 2.05) is 0 Å². The lowest BCUT2D eigenvalue weighted by Crippen LogP contribution is -2.47. The van der Waals surface area contributed by atoms with Gasteiger partial charge in [-0.15, -0.1) is 0 Å². The lowest BCUT2D eigenvalue weighted by molar-refractivity contribution is -0.000152. The first-order valence-electron chi connectivity index (χ1n) is 11.4. The summed E-state index contributed by atoms with van der Waals surface area (Å²) in [6.07, 6.45) is 7.60. The van der Waals surface area contributed by atoms with Crippen molar-refractivity contribution < 1.29 is 27.5 Å². The Bertz CT molecular complexity index is 266. The number of unbranched alkanes of at least 4 members (excludes halogenated alkanes) is 3. The molecule has 0 aliphatic heterocycles. The van der Waals surface area contributed by atoms with E-state index < -0.39 is 8.80 Å². The molecule has 0 N–H and O–H groups in total. The number of rotatable bonds is 23. The second kappa shape index (κ2) is 21.7. The van der Waals surface area contributed by atoms with E-state index in [-0.39, 0.29) is 0 Å². The van der Waals surface area contributed by atoms with Gasteiger partial charge in [-0.3, -0.25) is 0 Å². The maximum atomic E-state index is 6.16. The highest BCUT2D eigenvalue weighted by atomic mass is 28.4. The lowest BCUT2D eigenvalue weighted by Gasteiger charge is -2.29. The first kappa shape index (κ1) is 28.0. The summed E-state index contributed by atoms with van der Waals surface area (Å²) in [7, 11) is -2.74. The molecule has 0 rings (SSSR count). The first-order valence-corrected chi connectivity index (χ1v) is 13.3. The summed E-state index contributed by atoms with van der Waals surface area (Å²) >= 11 is 0. The summed E-state index contributed by atoms with van der Waals surface area (Å²) in [4.78, 5) is 0.